The first kappa shape index (κ1) is 14.0. The Kier molecular flexibility index (Phi) is 4.80. The summed E-state index contributed by atoms with van der Waals surface area (Å²) in [5.41, 5.74) is -0.291. The van der Waals surface area contributed by atoms with Crippen LogP contribution in [0.25, 0.3) is 0 Å². The number of allylic oxidation sites excluding steroid dienone is 2. The van der Waals surface area contributed by atoms with E-state index >= 15 is 0 Å². The molecule has 2 rings (SSSR count). The molecule has 0 radical (unpaired) electrons. The van der Waals surface area contributed by atoms with E-state index in [9.17, 15) is 10.2 Å². The summed E-state index contributed by atoms with van der Waals surface area (Å²) >= 11 is 1.48. The second kappa shape index (κ2) is 6.16. The first-order chi connectivity index (χ1) is 8.67. The molecule has 102 valence electrons. The van der Waals surface area contributed by atoms with Crippen LogP contribution < -0.4 is 0 Å². The van der Waals surface area contributed by atoms with Crippen molar-refractivity contribution in [1.82, 2.24) is 0 Å². The van der Waals surface area contributed by atoms with E-state index in [1.54, 1.807) is 0 Å². The zero-order valence-electron chi connectivity index (χ0n) is 10.3. The van der Waals surface area contributed by atoms with Crippen LogP contribution in [0.15, 0.2) is 17.1 Å². The van der Waals surface area contributed by atoms with Crippen molar-refractivity contribution in [3.05, 3.63) is 12.2 Å². The van der Waals surface area contributed by atoms with E-state index in [2.05, 4.69) is 11.1 Å². The second-order valence-corrected chi connectivity index (χ2v) is 5.62. The van der Waals surface area contributed by atoms with Crippen molar-refractivity contribution in [2.24, 2.45) is 4.99 Å². The minimum absolute atomic E-state index is 0.291. The van der Waals surface area contributed by atoms with E-state index in [1.165, 1.54) is 11.8 Å². The minimum Gasteiger partial charge on any atom is -0.394 e. The lowest BCUT2D eigenvalue weighted by molar-refractivity contribution is -0.164. The third kappa shape index (κ3) is 2.78. The standard InChI is InChI=1S/C12H19NO4S/c1-2-3-4-5-8-13-9-11(16)10(15)7(6-14)17-12(9)18-8/h2-3,7,9-12,14-16H,4-6H2,1H3/b3-2-/t7-,9-,10-,11-,12-/m1/s1. The molecule has 0 saturated carbocycles. The number of ether oxygens (including phenoxy) is 1. The second-order valence-electron chi connectivity index (χ2n) is 4.45. The summed E-state index contributed by atoms with van der Waals surface area (Å²) in [6, 6.07) is -0.423. The van der Waals surface area contributed by atoms with Crippen molar-refractivity contribution in [2.45, 2.75) is 49.6 Å². The molecule has 0 aromatic carbocycles. The van der Waals surface area contributed by atoms with Crippen LogP contribution in [0.2, 0.25) is 0 Å². The topological polar surface area (TPSA) is 82.3 Å². The quantitative estimate of drug-likeness (QED) is 0.642. The SMILES string of the molecule is C/C=C\CCC1=N[C@@H]2[C@@H](O)[C@H](O)[C@@H](CO)O[C@@H]2S1. The van der Waals surface area contributed by atoms with Gasteiger partial charge in [-0.05, 0) is 19.8 Å². The monoisotopic (exact) mass is 273 g/mol. The van der Waals surface area contributed by atoms with Gasteiger partial charge in [0.2, 0.25) is 0 Å². The molecule has 0 aromatic rings. The van der Waals surface area contributed by atoms with Gasteiger partial charge in [0.25, 0.3) is 0 Å². The van der Waals surface area contributed by atoms with Crippen LogP contribution in [0.3, 0.4) is 0 Å². The van der Waals surface area contributed by atoms with Crippen LogP contribution in [0, 0.1) is 0 Å². The molecule has 2 heterocycles. The van der Waals surface area contributed by atoms with E-state index in [1.807, 2.05) is 13.0 Å². The van der Waals surface area contributed by atoms with Crippen LogP contribution in [0.1, 0.15) is 19.8 Å². The molecule has 5 nitrogen and oxygen atoms in total. The van der Waals surface area contributed by atoms with E-state index in [4.69, 9.17) is 9.84 Å². The molecule has 2 aliphatic rings. The number of fused-ring (bicyclic) bond motifs is 1. The van der Waals surface area contributed by atoms with Crippen molar-refractivity contribution < 1.29 is 20.1 Å². The van der Waals surface area contributed by atoms with E-state index < -0.39 is 24.4 Å². The van der Waals surface area contributed by atoms with E-state index in [0.717, 1.165) is 17.9 Å². The van der Waals surface area contributed by atoms with Crippen molar-refractivity contribution >= 4 is 16.8 Å². The van der Waals surface area contributed by atoms with Gasteiger partial charge in [-0.2, -0.15) is 0 Å². The smallest absolute Gasteiger partial charge is 0.134 e. The molecule has 6 heteroatoms. The van der Waals surface area contributed by atoms with Crippen molar-refractivity contribution in [2.75, 3.05) is 6.61 Å². The molecule has 0 amide bonds. The van der Waals surface area contributed by atoms with Gasteiger partial charge in [-0.25, -0.2) is 0 Å². The van der Waals surface area contributed by atoms with Gasteiger partial charge in [-0.1, -0.05) is 23.9 Å². The number of aliphatic hydroxyl groups excluding tert-OH is 3. The predicted molar refractivity (Wildman–Crippen MR) is 70.6 cm³/mol. The van der Waals surface area contributed by atoms with Gasteiger partial charge in [0.15, 0.2) is 0 Å². The van der Waals surface area contributed by atoms with Crippen LogP contribution >= 0.6 is 11.8 Å². The average molecular weight is 273 g/mol. The highest BCUT2D eigenvalue weighted by atomic mass is 32.2. The number of nitrogens with zero attached hydrogens (tertiary/aromatic N) is 1. The molecule has 18 heavy (non-hydrogen) atoms. The summed E-state index contributed by atoms with van der Waals surface area (Å²) in [6.07, 6.45) is 3.02. The fraction of sp³-hybridized carbons (Fsp3) is 0.750. The molecular weight excluding hydrogens is 254 g/mol. The molecule has 0 unspecified atom stereocenters. The predicted octanol–water partition coefficient (Wildman–Crippen LogP) is 0.296. The Bertz CT molecular complexity index is 347. The Morgan fingerprint density at radius 2 is 2.17 bits per heavy atom. The van der Waals surface area contributed by atoms with Gasteiger partial charge in [0.05, 0.1) is 11.7 Å². The van der Waals surface area contributed by atoms with Gasteiger partial charge in [0.1, 0.15) is 29.8 Å². The molecule has 0 aliphatic carbocycles. The number of aliphatic hydroxyl groups is 3. The Labute approximate surface area is 111 Å². The fourth-order valence-corrected chi connectivity index (χ4v) is 3.38. The van der Waals surface area contributed by atoms with Crippen LogP contribution in [0.4, 0.5) is 0 Å². The van der Waals surface area contributed by atoms with Gasteiger partial charge < -0.3 is 20.1 Å². The van der Waals surface area contributed by atoms with Crippen molar-refractivity contribution in [1.29, 1.82) is 0 Å². The van der Waals surface area contributed by atoms with Gasteiger partial charge in [-0.15, -0.1) is 0 Å². The summed E-state index contributed by atoms with van der Waals surface area (Å²) in [7, 11) is 0. The average Bonchev–Trinajstić information content (AvgIpc) is 2.77. The zero-order chi connectivity index (χ0) is 13.1. The summed E-state index contributed by atoms with van der Waals surface area (Å²) in [5.74, 6) is 0. The number of hydrogen-bond donors (Lipinski definition) is 3. The molecule has 0 bridgehead atoms. The largest absolute Gasteiger partial charge is 0.394 e. The minimum atomic E-state index is -1.07. The van der Waals surface area contributed by atoms with Gasteiger partial charge in [-0.3, -0.25) is 4.99 Å². The highest BCUT2D eigenvalue weighted by Crippen LogP contribution is 2.37. The number of hydrogen-bond acceptors (Lipinski definition) is 6. The maximum absolute atomic E-state index is 9.96. The van der Waals surface area contributed by atoms with Crippen molar-refractivity contribution in [3.63, 3.8) is 0 Å². The summed E-state index contributed by atoms with van der Waals surface area (Å²) in [4.78, 5) is 4.41. The van der Waals surface area contributed by atoms with Crippen LogP contribution in [-0.2, 0) is 4.74 Å². The lowest BCUT2D eigenvalue weighted by Gasteiger charge is -2.37. The Balaban J connectivity index is 1.99. The number of thioether (sulfide) groups is 1. The van der Waals surface area contributed by atoms with Crippen LogP contribution in [0.5, 0.6) is 0 Å². The fourth-order valence-electron chi connectivity index (χ4n) is 2.13. The van der Waals surface area contributed by atoms with E-state index in [0.29, 0.717) is 0 Å². The summed E-state index contributed by atoms with van der Waals surface area (Å²) in [6.45, 7) is 1.67. The van der Waals surface area contributed by atoms with E-state index in [-0.39, 0.29) is 12.0 Å². The molecule has 3 N–H and O–H groups in total. The molecule has 1 fully saturated rings. The lowest BCUT2D eigenvalue weighted by atomic mass is 9.99. The molecule has 0 aromatic heterocycles. The lowest BCUT2D eigenvalue weighted by Crippen LogP contribution is -2.55. The Morgan fingerprint density at radius 1 is 1.39 bits per heavy atom. The third-order valence-corrected chi connectivity index (χ3v) is 4.36. The summed E-state index contributed by atoms with van der Waals surface area (Å²) in [5, 5.41) is 29.7. The molecule has 2 aliphatic heterocycles. The van der Waals surface area contributed by atoms with Crippen LogP contribution in [-0.4, -0.2) is 56.8 Å². The first-order valence-corrected chi connectivity index (χ1v) is 7.02. The normalized spacial score (nSPS) is 40.0. The van der Waals surface area contributed by atoms with Crippen molar-refractivity contribution in [3.8, 4) is 0 Å². The molecule has 5 atom stereocenters. The zero-order valence-corrected chi connectivity index (χ0v) is 11.1. The maximum Gasteiger partial charge on any atom is 0.134 e. The number of aliphatic imine (C=N–C) groups is 1. The Hall–Kier alpha value is -0.400. The maximum atomic E-state index is 9.96. The number of rotatable bonds is 4. The first-order valence-electron chi connectivity index (χ1n) is 6.14. The summed E-state index contributed by atoms with van der Waals surface area (Å²) < 4.78 is 5.55. The third-order valence-electron chi connectivity index (χ3n) is 3.15. The van der Waals surface area contributed by atoms with Gasteiger partial charge >= 0.3 is 0 Å². The Morgan fingerprint density at radius 3 is 2.83 bits per heavy atom. The molecular formula is C12H19NO4S. The molecule has 1 saturated heterocycles. The molecule has 0 spiro atoms. The highest BCUT2D eigenvalue weighted by molar-refractivity contribution is 8.14. The highest BCUT2D eigenvalue weighted by Gasteiger charge is 2.47. The van der Waals surface area contributed by atoms with Gasteiger partial charge in [0, 0.05) is 0 Å².